The van der Waals surface area contributed by atoms with Gasteiger partial charge in [0.05, 0.1) is 6.10 Å². The van der Waals surface area contributed by atoms with Crippen LogP contribution in [0.4, 0.5) is 13.2 Å². The zero-order valence-electron chi connectivity index (χ0n) is 11.6. The molecule has 3 nitrogen and oxygen atoms in total. The van der Waals surface area contributed by atoms with Crippen LogP contribution in [0.1, 0.15) is 11.7 Å². The first kappa shape index (κ1) is 16.7. The van der Waals surface area contributed by atoms with E-state index in [-0.39, 0.29) is 6.54 Å². The fourth-order valence-electron chi connectivity index (χ4n) is 1.61. The molecule has 0 radical (unpaired) electrons. The lowest BCUT2D eigenvalue weighted by molar-refractivity contribution is -0.173. The second kappa shape index (κ2) is 6.40. The minimum Gasteiger partial charge on any atom is -0.409 e. The fraction of sp³-hybridized carbons (Fsp3) is 0.462. The van der Waals surface area contributed by atoms with E-state index >= 15 is 0 Å². The molecule has 1 rings (SSSR count). The Kier molecular flexibility index (Phi) is 5.35. The first-order chi connectivity index (χ1) is 9.09. The van der Waals surface area contributed by atoms with Gasteiger partial charge in [0.2, 0.25) is 0 Å². The van der Waals surface area contributed by atoms with Crippen molar-refractivity contribution in [1.29, 1.82) is 0 Å². The van der Waals surface area contributed by atoms with E-state index in [0.29, 0.717) is 0 Å². The SMILES string of the molecule is C[Si](C)(C)O[C@H](CNC(=O)C(F)(F)F)c1ccccc1. The number of carbonyl (C=O) groups excluding carboxylic acids is 1. The molecule has 112 valence electrons. The largest absolute Gasteiger partial charge is 0.471 e. The molecule has 0 spiro atoms. The van der Waals surface area contributed by atoms with Gasteiger partial charge in [-0.3, -0.25) is 4.79 Å². The standard InChI is InChI=1S/C13H18F3NO2Si/c1-20(2,3)19-11(10-7-5-4-6-8-10)9-17-12(18)13(14,15)16/h4-8,11H,9H2,1-3H3,(H,17,18)/t11-/m1/s1. The summed E-state index contributed by atoms with van der Waals surface area (Å²) in [4.78, 5) is 10.9. The van der Waals surface area contributed by atoms with Crippen molar-refractivity contribution in [3.8, 4) is 0 Å². The van der Waals surface area contributed by atoms with Crippen molar-refractivity contribution in [2.45, 2.75) is 31.9 Å². The molecule has 0 bridgehead atoms. The first-order valence-corrected chi connectivity index (χ1v) is 9.58. The van der Waals surface area contributed by atoms with Gasteiger partial charge in [-0.15, -0.1) is 0 Å². The molecule has 1 N–H and O–H groups in total. The van der Waals surface area contributed by atoms with Crippen molar-refractivity contribution in [1.82, 2.24) is 5.32 Å². The maximum absolute atomic E-state index is 12.2. The Hall–Kier alpha value is -1.34. The Labute approximate surface area is 117 Å². The monoisotopic (exact) mass is 305 g/mol. The van der Waals surface area contributed by atoms with Crippen LogP contribution >= 0.6 is 0 Å². The highest BCUT2D eigenvalue weighted by atomic mass is 28.4. The van der Waals surface area contributed by atoms with Crippen molar-refractivity contribution in [3.63, 3.8) is 0 Å². The molecule has 0 aromatic heterocycles. The van der Waals surface area contributed by atoms with E-state index in [1.165, 1.54) is 0 Å². The molecule has 1 amide bonds. The number of benzene rings is 1. The Balaban J connectivity index is 2.77. The predicted octanol–water partition coefficient (Wildman–Crippen LogP) is 3.26. The van der Waals surface area contributed by atoms with Gasteiger partial charge >= 0.3 is 12.1 Å². The van der Waals surface area contributed by atoms with Gasteiger partial charge in [-0.05, 0) is 25.2 Å². The van der Waals surface area contributed by atoms with Crippen molar-refractivity contribution >= 4 is 14.2 Å². The second-order valence-corrected chi connectivity index (χ2v) is 9.80. The van der Waals surface area contributed by atoms with Gasteiger partial charge in [-0.2, -0.15) is 13.2 Å². The van der Waals surface area contributed by atoms with E-state index in [4.69, 9.17) is 4.43 Å². The molecule has 0 fully saturated rings. The zero-order chi connectivity index (χ0) is 15.4. The van der Waals surface area contributed by atoms with Crippen LogP contribution in [0, 0.1) is 0 Å². The quantitative estimate of drug-likeness (QED) is 0.848. The number of rotatable bonds is 5. The lowest BCUT2D eigenvalue weighted by Gasteiger charge is -2.27. The number of alkyl halides is 3. The third-order valence-electron chi connectivity index (χ3n) is 2.37. The summed E-state index contributed by atoms with van der Waals surface area (Å²) < 4.78 is 42.4. The molecule has 0 saturated carbocycles. The smallest absolute Gasteiger partial charge is 0.409 e. The molecule has 0 aliphatic carbocycles. The maximum Gasteiger partial charge on any atom is 0.471 e. The summed E-state index contributed by atoms with van der Waals surface area (Å²) in [6, 6.07) is 8.90. The van der Waals surface area contributed by atoms with Gasteiger partial charge in [0.15, 0.2) is 8.32 Å². The summed E-state index contributed by atoms with van der Waals surface area (Å²) in [6.45, 7) is 5.62. The van der Waals surface area contributed by atoms with E-state index in [0.717, 1.165) is 5.56 Å². The molecule has 0 aliphatic rings. The summed E-state index contributed by atoms with van der Waals surface area (Å²) >= 11 is 0. The van der Waals surface area contributed by atoms with Crippen LogP contribution < -0.4 is 5.32 Å². The molecule has 0 aliphatic heterocycles. The third kappa shape index (κ3) is 5.75. The van der Waals surface area contributed by atoms with Crippen molar-refractivity contribution in [2.75, 3.05) is 6.54 Å². The molecule has 0 unspecified atom stereocenters. The number of halogens is 3. The summed E-state index contributed by atoms with van der Waals surface area (Å²) in [6.07, 6.45) is -5.45. The molecule has 20 heavy (non-hydrogen) atoms. The summed E-state index contributed by atoms with van der Waals surface area (Å²) in [5.74, 6) is -1.95. The number of amides is 1. The van der Waals surface area contributed by atoms with Crippen LogP contribution in [0.2, 0.25) is 19.6 Å². The van der Waals surface area contributed by atoms with Gasteiger partial charge in [0, 0.05) is 6.54 Å². The topological polar surface area (TPSA) is 38.3 Å². The highest BCUT2D eigenvalue weighted by Gasteiger charge is 2.39. The van der Waals surface area contributed by atoms with Crippen LogP contribution in [0.25, 0.3) is 0 Å². The van der Waals surface area contributed by atoms with Gasteiger partial charge < -0.3 is 9.74 Å². The van der Waals surface area contributed by atoms with E-state index in [2.05, 4.69) is 0 Å². The minimum absolute atomic E-state index is 0.202. The van der Waals surface area contributed by atoms with E-state index in [1.807, 2.05) is 31.0 Å². The van der Waals surface area contributed by atoms with Gasteiger partial charge in [0.1, 0.15) is 0 Å². The van der Waals surface area contributed by atoms with Crippen molar-refractivity contribution < 1.29 is 22.4 Å². The Morgan fingerprint density at radius 3 is 2.25 bits per heavy atom. The van der Waals surface area contributed by atoms with E-state index in [9.17, 15) is 18.0 Å². The van der Waals surface area contributed by atoms with Crippen LogP contribution in [0.5, 0.6) is 0 Å². The zero-order valence-corrected chi connectivity index (χ0v) is 12.6. The van der Waals surface area contributed by atoms with E-state index in [1.54, 1.807) is 24.3 Å². The Morgan fingerprint density at radius 1 is 1.25 bits per heavy atom. The molecular weight excluding hydrogens is 287 g/mol. The highest BCUT2D eigenvalue weighted by molar-refractivity contribution is 6.69. The molecule has 7 heteroatoms. The summed E-state index contributed by atoms with van der Waals surface area (Å²) in [5, 5.41) is 1.88. The number of carbonyl (C=O) groups is 1. The molecule has 1 aromatic rings. The predicted molar refractivity (Wildman–Crippen MR) is 72.7 cm³/mol. The van der Waals surface area contributed by atoms with E-state index < -0.39 is 26.5 Å². The lowest BCUT2D eigenvalue weighted by atomic mass is 10.1. The van der Waals surface area contributed by atoms with Crippen LogP contribution in [0.3, 0.4) is 0 Å². The first-order valence-electron chi connectivity index (χ1n) is 6.17. The van der Waals surface area contributed by atoms with Crippen molar-refractivity contribution in [2.24, 2.45) is 0 Å². The highest BCUT2D eigenvalue weighted by Crippen LogP contribution is 2.22. The van der Waals surface area contributed by atoms with Gasteiger partial charge in [-0.1, -0.05) is 30.3 Å². The molecule has 1 aromatic carbocycles. The minimum atomic E-state index is -4.87. The average molecular weight is 305 g/mol. The van der Waals surface area contributed by atoms with Gasteiger partial charge in [0.25, 0.3) is 0 Å². The molecule has 0 heterocycles. The number of hydrogen-bond acceptors (Lipinski definition) is 2. The van der Waals surface area contributed by atoms with Crippen LogP contribution in [-0.2, 0) is 9.22 Å². The fourth-order valence-corrected chi connectivity index (χ4v) is 2.68. The lowest BCUT2D eigenvalue weighted by Crippen LogP contribution is -2.41. The Morgan fingerprint density at radius 2 is 1.80 bits per heavy atom. The summed E-state index contributed by atoms with van der Waals surface area (Å²) in [7, 11) is -1.95. The molecule has 1 atom stereocenters. The van der Waals surface area contributed by atoms with Crippen LogP contribution in [-0.4, -0.2) is 26.9 Å². The maximum atomic E-state index is 12.2. The normalized spacial score (nSPS) is 13.9. The number of hydrogen-bond donors (Lipinski definition) is 1. The summed E-state index contributed by atoms with van der Waals surface area (Å²) in [5.41, 5.74) is 0.748. The average Bonchev–Trinajstić information content (AvgIpc) is 2.32. The molecule has 0 saturated heterocycles. The van der Waals surface area contributed by atoms with Gasteiger partial charge in [-0.25, -0.2) is 0 Å². The second-order valence-electron chi connectivity index (χ2n) is 5.34. The van der Waals surface area contributed by atoms with Crippen molar-refractivity contribution in [3.05, 3.63) is 35.9 Å². The number of nitrogens with one attached hydrogen (secondary N) is 1. The Bertz CT molecular complexity index is 443. The third-order valence-corrected chi connectivity index (χ3v) is 3.36. The molecular formula is C13H18F3NO2Si. The van der Waals surface area contributed by atoms with Crippen LogP contribution in [0.15, 0.2) is 30.3 Å².